The van der Waals surface area contributed by atoms with E-state index in [0.29, 0.717) is 30.8 Å². The summed E-state index contributed by atoms with van der Waals surface area (Å²) in [5, 5.41) is 6.83. The van der Waals surface area contributed by atoms with Gasteiger partial charge >= 0.3 is 0 Å². The highest BCUT2D eigenvalue weighted by molar-refractivity contribution is 7.80. The summed E-state index contributed by atoms with van der Waals surface area (Å²) in [5.74, 6) is 2.96. The molecule has 2 aliphatic heterocycles. The average Bonchev–Trinajstić information content (AvgIpc) is 2.87. The molecule has 0 unspecified atom stereocenters. The molecule has 0 spiro atoms. The summed E-state index contributed by atoms with van der Waals surface area (Å²) >= 11 is 5.49. The number of anilines is 3. The normalized spacial score (nSPS) is 15.1. The van der Waals surface area contributed by atoms with E-state index in [1.807, 2.05) is 37.3 Å². The first-order valence-electron chi connectivity index (χ1n) is 11.5. The third-order valence-electron chi connectivity index (χ3n) is 5.85. The number of ether oxygens (including phenoxy) is 2. The predicted octanol–water partition coefficient (Wildman–Crippen LogP) is 3.37. The second-order valence-corrected chi connectivity index (χ2v) is 8.69. The van der Waals surface area contributed by atoms with Crippen LogP contribution in [0.2, 0.25) is 0 Å². The van der Waals surface area contributed by atoms with Gasteiger partial charge in [-0.2, -0.15) is 4.98 Å². The number of aromatic nitrogens is 2. The van der Waals surface area contributed by atoms with Crippen molar-refractivity contribution in [3.8, 4) is 11.5 Å². The molecule has 2 aromatic carbocycles. The summed E-state index contributed by atoms with van der Waals surface area (Å²) in [6, 6.07) is 18.4. The minimum absolute atomic E-state index is 0.473. The molecule has 2 N–H and O–H groups in total. The van der Waals surface area contributed by atoms with Gasteiger partial charge in [0.1, 0.15) is 19.0 Å². The van der Waals surface area contributed by atoms with Gasteiger partial charge in [0.05, 0.1) is 0 Å². The minimum Gasteiger partial charge on any atom is -0.486 e. The van der Waals surface area contributed by atoms with Crippen molar-refractivity contribution in [3.05, 3.63) is 65.9 Å². The van der Waals surface area contributed by atoms with E-state index >= 15 is 0 Å². The zero-order valence-electron chi connectivity index (χ0n) is 19.2. The van der Waals surface area contributed by atoms with Crippen molar-refractivity contribution in [1.82, 2.24) is 15.3 Å². The van der Waals surface area contributed by atoms with E-state index in [2.05, 4.69) is 49.7 Å². The number of thiocarbonyl (C=S) groups is 1. The summed E-state index contributed by atoms with van der Waals surface area (Å²) in [6.45, 7) is 7.38. The van der Waals surface area contributed by atoms with Gasteiger partial charge in [0.25, 0.3) is 0 Å². The molecule has 1 saturated heterocycles. The van der Waals surface area contributed by atoms with Crippen molar-refractivity contribution in [3.63, 3.8) is 0 Å². The fourth-order valence-corrected chi connectivity index (χ4v) is 4.29. The third-order valence-corrected chi connectivity index (χ3v) is 6.10. The SMILES string of the molecule is Cc1cc(N2CCN(c3ccccc3)CC2)nc(NC(=S)NCc2ccc3c(c2)OCCO3)n1. The predicted molar refractivity (Wildman–Crippen MR) is 138 cm³/mol. The van der Waals surface area contributed by atoms with Crippen molar-refractivity contribution >= 4 is 34.8 Å². The van der Waals surface area contributed by atoms with Crippen LogP contribution in [0.5, 0.6) is 11.5 Å². The molecule has 0 amide bonds. The standard InChI is InChI=1S/C25H28N6O2S/c1-18-15-23(31-11-9-30(10-12-31)20-5-3-2-4-6-20)28-24(27-18)29-25(34)26-17-19-7-8-21-22(16-19)33-14-13-32-21/h2-8,15-16H,9-14,17H2,1H3,(H2,26,27,28,29,34). The quantitative estimate of drug-likeness (QED) is 0.539. The fraction of sp³-hybridized carbons (Fsp3) is 0.320. The van der Waals surface area contributed by atoms with Crippen LogP contribution >= 0.6 is 12.2 Å². The molecule has 0 radical (unpaired) electrons. The number of nitrogens with one attached hydrogen (secondary N) is 2. The minimum atomic E-state index is 0.473. The Morgan fingerprint density at radius 1 is 0.912 bits per heavy atom. The lowest BCUT2D eigenvalue weighted by molar-refractivity contribution is 0.171. The lowest BCUT2D eigenvalue weighted by atomic mass is 10.2. The highest BCUT2D eigenvalue weighted by atomic mass is 32.1. The molecule has 1 fully saturated rings. The van der Waals surface area contributed by atoms with Gasteiger partial charge < -0.3 is 29.9 Å². The van der Waals surface area contributed by atoms with Gasteiger partial charge in [-0.05, 0) is 49.0 Å². The Morgan fingerprint density at radius 3 is 2.44 bits per heavy atom. The first kappa shape index (κ1) is 22.2. The molecule has 1 aromatic heterocycles. The maximum absolute atomic E-state index is 5.65. The van der Waals surface area contributed by atoms with Crippen LogP contribution in [0.4, 0.5) is 17.5 Å². The van der Waals surface area contributed by atoms with Crippen LogP contribution in [-0.4, -0.2) is 54.5 Å². The molecule has 34 heavy (non-hydrogen) atoms. The van der Waals surface area contributed by atoms with E-state index in [9.17, 15) is 0 Å². The Bertz CT molecular complexity index is 1150. The van der Waals surface area contributed by atoms with E-state index in [0.717, 1.165) is 54.8 Å². The van der Waals surface area contributed by atoms with E-state index in [1.165, 1.54) is 5.69 Å². The molecule has 8 nitrogen and oxygen atoms in total. The van der Waals surface area contributed by atoms with Crippen molar-refractivity contribution in [1.29, 1.82) is 0 Å². The molecule has 0 bridgehead atoms. The van der Waals surface area contributed by atoms with Crippen LogP contribution in [0.15, 0.2) is 54.6 Å². The Hall–Kier alpha value is -3.59. The van der Waals surface area contributed by atoms with Crippen LogP contribution < -0.4 is 29.9 Å². The zero-order chi connectivity index (χ0) is 23.3. The molecule has 5 rings (SSSR count). The molecule has 3 heterocycles. The molecule has 0 atom stereocenters. The number of hydrogen-bond donors (Lipinski definition) is 2. The van der Waals surface area contributed by atoms with Gasteiger partial charge in [-0.3, -0.25) is 0 Å². The first-order valence-corrected chi connectivity index (χ1v) is 11.9. The van der Waals surface area contributed by atoms with Crippen molar-refractivity contribution < 1.29 is 9.47 Å². The van der Waals surface area contributed by atoms with Gasteiger partial charge in [0.15, 0.2) is 16.6 Å². The van der Waals surface area contributed by atoms with Crippen LogP contribution in [0.1, 0.15) is 11.3 Å². The summed E-state index contributed by atoms with van der Waals surface area (Å²) in [4.78, 5) is 13.9. The molecule has 0 saturated carbocycles. The number of nitrogens with zero attached hydrogens (tertiary/aromatic N) is 4. The molecular weight excluding hydrogens is 448 g/mol. The largest absolute Gasteiger partial charge is 0.486 e. The number of rotatable bonds is 5. The van der Waals surface area contributed by atoms with Crippen molar-refractivity contribution in [2.45, 2.75) is 13.5 Å². The van der Waals surface area contributed by atoms with Crippen molar-refractivity contribution in [2.75, 3.05) is 54.5 Å². The third kappa shape index (κ3) is 5.31. The van der Waals surface area contributed by atoms with E-state index < -0.39 is 0 Å². The Labute approximate surface area is 204 Å². The number of aryl methyl sites for hydroxylation is 1. The van der Waals surface area contributed by atoms with Crippen LogP contribution in [0, 0.1) is 6.92 Å². The fourth-order valence-electron chi connectivity index (χ4n) is 4.13. The molecule has 176 valence electrons. The average molecular weight is 477 g/mol. The zero-order valence-corrected chi connectivity index (χ0v) is 20.0. The van der Waals surface area contributed by atoms with Gasteiger partial charge in [-0.1, -0.05) is 24.3 Å². The summed E-state index contributed by atoms with van der Waals surface area (Å²) < 4.78 is 11.2. The second-order valence-electron chi connectivity index (χ2n) is 8.29. The van der Waals surface area contributed by atoms with E-state index in [1.54, 1.807) is 0 Å². The number of hydrogen-bond acceptors (Lipinski definition) is 7. The monoisotopic (exact) mass is 476 g/mol. The van der Waals surface area contributed by atoms with Gasteiger partial charge in [0.2, 0.25) is 5.95 Å². The maximum Gasteiger partial charge on any atom is 0.231 e. The Morgan fingerprint density at radius 2 is 1.65 bits per heavy atom. The number of fused-ring (bicyclic) bond motifs is 1. The van der Waals surface area contributed by atoms with Crippen molar-refractivity contribution in [2.24, 2.45) is 0 Å². The summed E-state index contributed by atoms with van der Waals surface area (Å²) in [5.41, 5.74) is 3.21. The van der Waals surface area contributed by atoms with Gasteiger partial charge in [-0.25, -0.2) is 4.98 Å². The highest BCUT2D eigenvalue weighted by Gasteiger charge is 2.19. The van der Waals surface area contributed by atoms with E-state index in [-0.39, 0.29) is 0 Å². The van der Waals surface area contributed by atoms with Gasteiger partial charge in [-0.15, -0.1) is 0 Å². The van der Waals surface area contributed by atoms with Crippen LogP contribution in [0.25, 0.3) is 0 Å². The summed E-state index contributed by atoms with van der Waals surface area (Å²) in [6.07, 6.45) is 0. The molecule has 2 aliphatic rings. The lowest BCUT2D eigenvalue weighted by Crippen LogP contribution is -2.47. The highest BCUT2D eigenvalue weighted by Crippen LogP contribution is 2.30. The van der Waals surface area contributed by atoms with Crippen LogP contribution in [-0.2, 0) is 6.54 Å². The summed E-state index contributed by atoms with van der Waals surface area (Å²) in [7, 11) is 0. The molecule has 3 aromatic rings. The lowest BCUT2D eigenvalue weighted by Gasteiger charge is -2.36. The topological polar surface area (TPSA) is 74.8 Å². The number of piperazine rings is 1. The van der Waals surface area contributed by atoms with Gasteiger partial charge in [0, 0.05) is 50.2 Å². The first-order chi connectivity index (χ1) is 16.6. The van der Waals surface area contributed by atoms with E-state index in [4.69, 9.17) is 26.7 Å². The number of para-hydroxylation sites is 1. The number of benzene rings is 2. The maximum atomic E-state index is 5.65. The van der Waals surface area contributed by atoms with Crippen LogP contribution in [0.3, 0.4) is 0 Å². The Kier molecular flexibility index (Phi) is 6.62. The smallest absolute Gasteiger partial charge is 0.231 e. The molecule has 9 heteroatoms. The molecular formula is C25H28N6O2S. The second kappa shape index (κ2) is 10.1. The molecule has 0 aliphatic carbocycles. The Balaban J connectivity index is 1.17.